The molecule has 0 radical (unpaired) electrons. The molecule has 0 saturated carbocycles. The van der Waals surface area contributed by atoms with Crippen LogP contribution in [0.4, 0.5) is 21.9 Å². The van der Waals surface area contributed by atoms with E-state index in [1.54, 1.807) is 48.5 Å². The Morgan fingerprint density at radius 1 is 0.857 bits per heavy atom. The fourth-order valence-electron chi connectivity index (χ4n) is 1.69. The molecule has 0 heterocycles. The number of anilines is 3. The first-order valence-electron chi connectivity index (χ1n) is 6.14. The van der Waals surface area contributed by atoms with Gasteiger partial charge in [0.2, 0.25) is 10.0 Å². The van der Waals surface area contributed by atoms with Gasteiger partial charge in [0, 0.05) is 5.69 Å². The van der Waals surface area contributed by atoms with Gasteiger partial charge in [-0.1, -0.05) is 30.3 Å². The summed E-state index contributed by atoms with van der Waals surface area (Å²) in [6.07, 6.45) is 1.05. The molecule has 0 fully saturated rings. The Hall–Kier alpha value is -2.54. The van der Waals surface area contributed by atoms with Crippen LogP contribution in [0.2, 0.25) is 0 Å². The van der Waals surface area contributed by atoms with Crippen molar-refractivity contribution in [1.82, 2.24) is 0 Å². The minimum absolute atomic E-state index is 0.309. The van der Waals surface area contributed by atoms with Crippen LogP contribution in [0, 0.1) is 0 Å². The molecule has 0 aromatic heterocycles. The van der Waals surface area contributed by atoms with Gasteiger partial charge in [-0.15, -0.1) is 0 Å². The van der Waals surface area contributed by atoms with Crippen LogP contribution < -0.4 is 15.4 Å². The van der Waals surface area contributed by atoms with E-state index < -0.39 is 16.1 Å². The molecule has 7 heteroatoms. The molecule has 0 saturated heterocycles. The first-order chi connectivity index (χ1) is 9.94. The van der Waals surface area contributed by atoms with Crippen molar-refractivity contribution in [2.24, 2.45) is 0 Å². The number of hydrogen-bond acceptors (Lipinski definition) is 3. The number of urea groups is 1. The van der Waals surface area contributed by atoms with Crippen molar-refractivity contribution in [2.75, 3.05) is 21.6 Å². The van der Waals surface area contributed by atoms with E-state index in [1.165, 1.54) is 0 Å². The van der Waals surface area contributed by atoms with E-state index in [4.69, 9.17) is 0 Å². The molecular formula is C14H15N3O3S. The zero-order chi connectivity index (χ0) is 15.3. The summed E-state index contributed by atoms with van der Waals surface area (Å²) in [6.45, 7) is 0. The average molecular weight is 305 g/mol. The van der Waals surface area contributed by atoms with Crippen molar-refractivity contribution in [3.8, 4) is 0 Å². The normalized spacial score (nSPS) is 10.7. The number of nitrogens with one attached hydrogen (secondary N) is 3. The maximum atomic E-state index is 11.9. The molecule has 0 aliphatic carbocycles. The summed E-state index contributed by atoms with van der Waals surface area (Å²) in [5.41, 5.74) is 1.32. The SMILES string of the molecule is CS(=O)(=O)Nc1ccccc1NC(=O)Nc1ccccc1. The largest absolute Gasteiger partial charge is 0.323 e. The smallest absolute Gasteiger partial charge is 0.308 e. The van der Waals surface area contributed by atoms with E-state index >= 15 is 0 Å². The molecule has 2 aromatic carbocycles. The molecule has 0 bridgehead atoms. The van der Waals surface area contributed by atoms with Crippen LogP contribution in [0.1, 0.15) is 0 Å². The van der Waals surface area contributed by atoms with Gasteiger partial charge in [-0.25, -0.2) is 13.2 Å². The highest BCUT2D eigenvalue weighted by molar-refractivity contribution is 7.92. The summed E-state index contributed by atoms with van der Waals surface area (Å²) in [5, 5.41) is 5.26. The average Bonchev–Trinajstić information content (AvgIpc) is 2.40. The summed E-state index contributed by atoms with van der Waals surface area (Å²) in [7, 11) is -3.42. The van der Waals surface area contributed by atoms with Crippen LogP contribution in [0.3, 0.4) is 0 Å². The third-order valence-electron chi connectivity index (χ3n) is 2.50. The summed E-state index contributed by atoms with van der Waals surface area (Å²) in [6, 6.07) is 15.0. The molecule has 110 valence electrons. The third-order valence-corrected chi connectivity index (χ3v) is 3.09. The van der Waals surface area contributed by atoms with Crippen molar-refractivity contribution < 1.29 is 13.2 Å². The highest BCUT2D eigenvalue weighted by Gasteiger charge is 2.09. The van der Waals surface area contributed by atoms with Crippen LogP contribution >= 0.6 is 0 Å². The van der Waals surface area contributed by atoms with Gasteiger partial charge in [-0.05, 0) is 24.3 Å². The Morgan fingerprint density at radius 2 is 1.43 bits per heavy atom. The monoisotopic (exact) mass is 305 g/mol. The third kappa shape index (κ3) is 4.81. The number of benzene rings is 2. The molecule has 21 heavy (non-hydrogen) atoms. The number of sulfonamides is 1. The summed E-state index contributed by atoms with van der Waals surface area (Å²) >= 11 is 0. The first-order valence-corrected chi connectivity index (χ1v) is 8.03. The van der Waals surface area contributed by atoms with E-state index in [9.17, 15) is 13.2 Å². The van der Waals surface area contributed by atoms with Crippen LogP contribution in [-0.2, 0) is 10.0 Å². The van der Waals surface area contributed by atoms with Gasteiger partial charge in [0.15, 0.2) is 0 Å². The number of hydrogen-bond donors (Lipinski definition) is 3. The molecule has 0 aliphatic heterocycles. The van der Waals surface area contributed by atoms with E-state index in [0.29, 0.717) is 17.1 Å². The lowest BCUT2D eigenvalue weighted by Gasteiger charge is -2.12. The zero-order valence-electron chi connectivity index (χ0n) is 11.3. The summed E-state index contributed by atoms with van der Waals surface area (Å²) < 4.78 is 24.9. The maximum absolute atomic E-state index is 11.9. The van der Waals surface area contributed by atoms with E-state index in [1.807, 2.05) is 6.07 Å². The quantitative estimate of drug-likeness (QED) is 0.811. The molecule has 0 aliphatic rings. The second-order valence-electron chi connectivity index (χ2n) is 4.36. The van der Waals surface area contributed by atoms with Gasteiger partial charge in [-0.2, -0.15) is 0 Å². The number of amides is 2. The maximum Gasteiger partial charge on any atom is 0.323 e. The highest BCUT2D eigenvalue weighted by Crippen LogP contribution is 2.22. The topological polar surface area (TPSA) is 87.3 Å². The molecule has 0 spiro atoms. The standard InChI is InChI=1S/C14H15N3O3S/c1-21(19,20)17-13-10-6-5-9-12(13)16-14(18)15-11-7-3-2-4-8-11/h2-10,17H,1H3,(H2,15,16,18). The predicted molar refractivity (Wildman–Crippen MR) is 84.0 cm³/mol. The molecule has 2 rings (SSSR count). The fourth-order valence-corrected chi connectivity index (χ4v) is 2.26. The Balaban J connectivity index is 2.11. The van der Waals surface area contributed by atoms with E-state index in [-0.39, 0.29) is 0 Å². The van der Waals surface area contributed by atoms with E-state index in [0.717, 1.165) is 6.26 Å². The summed E-state index contributed by atoms with van der Waals surface area (Å²) in [5.74, 6) is 0. The van der Waals surface area contributed by atoms with Crippen LogP contribution in [-0.4, -0.2) is 20.7 Å². The summed E-state index contributed by atoms with van der Waals surface area (Å²) in [4.78, 5) is 11.9. The van der Waals surface area contributed by atoms with Gasteiger partial charge < -0.3 is 10.6 Å². The molecule has 2 amide bonds. The van der Waals surface area contributed by atoms with Crippen LogP contribution in [0.5, 0.6) is 0 Å². The van der Waals surface area contributed by atoms with Crippen molar-refractivity contribution in [2.45, 2.75) is 0 Å². The molecule has 3 N–H and O–H groups in total. The Kier molecular flexibility index (Phi) is 4.44. The molecule has 2 aromatic rings. The highest BCUT2D eigenvalue weighted by atomic mass is 32.2. The first kappa shape index (κ1) is 14.9. The van der Waals surface area contributed by atoms with Gasteiger partial charge in [0.05, 0.1) is 17.6 Å². The second kappa shape index (κ2) is 6.27. The van der Waals surface area contributed by atoms with Gasteiger partial charge in [0.25, 0.3) is 0 Å². The number of carbonyl (C=O) groups excluding carboxylic acids is 1. The van der Waals surface area contributed by atoms with Crippen molar-refractivity contribution in [1.29, 1.82) is 0 Å². The van der Waals surface area contributed by atoms with E-state index in [2.05, 4.69) is 15.4 Å². The molecule has 0 unspecified atom stereocenters. The number of para-hydroxylation sites is 3. The minimum Gasteiger partial charge on any atom is -0.308 e. The zero-order valence-corrected chi connectivity index (χ0v) is 12.1. The Labute approximate surface area is 123 Å². The lowest BCUT2D eigenvalue weighted by Crippen LogP contribution is -2.21. The number of rotatable bonds is 4. The fraction of sp³-hybridized carbons (Fsp3) is 0.0714. The van der Waals surface area contributed by atoms with Gasteiger partial charge in [-0.3, -0.25) is 4.72 Å². The Morgan fingerprint density at radius 3 is 2.05 bits per heavy atom. The van der Waals surface area contributed by atoms with Gasteiger partial charge >= 0.3 is 6.03 Å². The lowest BCUT2D eigenvalue weighted by molar-refractivity contribution is 0.262. The second-order valence-corrected chi connectivity index (χ2v) is 6.11. The minimum atomic E-state index is -3.42. The predicted octanol–water partition coefficient (Wildman–Crippen LogP) is 2.70. The van der Waals surface area contributed by atoms with Crippen molar-refractivity contribution >= 4 is 33.1 Å². The molecule has 0 atom stereocenters. The van der Waals surface area contributed by atoms with Crippen LogP contribution in [0.15, 0.2) is 54.6 Å². The van der Waals surface area contributed by atoms with Crippen LogP contribution in [0.25, 0.3) is 0 Å². The lowest BCUT2D eigenvalue weighted by atomic mass is 10.3. The van der Waals surface area contributed by atoms with Crippen molar-refractivity contribution in [3.63, 3.8) is 0 Å². The number of carbonyl (C=O) groups is 1. The molecule has 6 nitrogen and oxygen atoms in total. The van der Waals surface area contributed by atoms with Crippen molar-refractivity contribution in [3.05, 3.63) is 54.6 Å². The molecular weight excluding hydrogens is 290 g/mol. The Bertz CT molecular complexity index is 730. The van der Waals surface area contributed by atoms with Gasteiger partial charge in [0.1, 0.15) is 0 Å².